The lowest BCUT2D eigenvalue weighted by Crippen LogP contribution is -2.37. The average molecular weight is 243 g/mol. The normalized spacial score (nSPS) is 12.6. The van der Waals surface area contributed by atoms with E-state index >= 15 is 0 Å². The van der Waals surface area contributed by atoms with Crippen LogP contribution in [0.1, 0.15) is 33.3 Å². The lowest BCUT2D eigenvalue weighted by molar-refractivity contribution is -0.0518. The van der Waals surface area contributed by atoms with E-state index in [4.69, 9.17) is 0 Å². The summed E-state index contributed by atoms with van der Waals surface area (Å²) in [5.74, 6) is 0.312. The molecule has 0 saturated heterocycles. The lowest BCUT2D eigenvalue weighted by Gasteiger charge is -2.37. The van der Waals surface area contributed by atoms with Crippen molar-refractivity contribution < 1.29 is 5.11 Å². The maximum absolute atomic E-state index is 11.1. The fourth-order valence-corrected chi connectivity index (χ4v) is 2.75. The van der Waals surface area contributed by atoms with E-state index in [0.29, 0.717) is 0 Å². The number of aliphatic hydroxyl groups is 1. The molecule has 2 rings (SSSR count). The molecule has 1 N–H and O–H groups in total. The molecule has 2 nitrogen and oxygen atoms in total. The van der Waals surface area contributed by atoms with Gasteiger partial charge in [-0.2, -0.15) is 0 Å². The van der Waals surface area contributed by atoms with Crippen molar-refractivity contribution in [3.63, 3.8) is 0 Å². The van der Waals surface area contributed by atoms with Gasteiger partial charge in [-0.3, -0.25) is 4.98 Å². The Kier molecular flexibility index (Phi) is 3.40. The van der Waals surface area contributed by atoms with E-state index in [1.807, 2.05) is 24.4 Å². The van der Waals surface area contributed by atoms with Crippen LogP contribution in [0.25, 0.3) is 10.8 Å². The van der Waals surface area contributed by atoms with E-state index < -0.39 is 5.60 Å². The monoisotopic (exact) mass is 243 g/mol. The Morgan fingerprint density at radius 3 is 2.33 bits per heavy atom. The minimum atomic E-state index is -0.817. The highest BCUT2D eigenvalue weighted by molar-refractivity contribution is 5.85. The summed E-state index contributed by atoms with van der Waals surface area (Å²) in [7, 11) is 0. The molecule has 1 aromatic carbocycles. The molecule has 96 valence electrons. The summed E-state index contributed by atoms with van der Waals surface area (Å²) in [6.07, 6.45) is 3.64. The van der Waals surface area contributed by atoms with Crippen molar-refractivity contribution in [3.8, 4) is 0 Å². The third-order valence-corrected chi connectivity index (χ3v) is 3.88. The molecule has 2 aromatic rings. The zero-order valence-electron chi connectivity index (χ0n) is 11.5. The Bertz CT molecular complexity index is 532. The number of benzene rings is 1. The summed E-state index contributed by atoms with van der Waals surface area (Å²) in [5, 5.41) is 13.3. The lowest BCUT2D eigenvalue weighted by atomic mass is 9.74. The average Bonchev–Trinajstić information content (AvgIpc) is 2.36. The van der Waals surface area contributed by atoms with Crippen LogP contribution in [0.2, 0.25) is 0 Å². The van der Waals surface area contributed by atoms with E-state index in [-0.39, 0.29) is 11.8 Å². The number of aromatic nitrogens is 1. The van der Waals surface area contributed by atoms with Gasteiger partial charge in [0.15, 0.2) is 0 Å². The minimum absolute atomic E-state index is 0.156. The van der Waals surface area contributed by atoms with E-state index in [1.54, 1.807) is 6.20 Å². The van der Waals surface area contributed by atoms with Crippen LogP contribution in [0.15, 0.2) is 36.7 Å². The van der Waals surface area contributed by atoms with Crippen LogP contribution in [-0.2, 0) is 5.60 Å². The number of nitrogens with zero attached hydrogens (tertiary/aromatic N) is 1. The molecule has 0 aliphatic heterocycles. The van der Waals surface area contributed by atoms with E-state index in [1.165, 1.54) is 0 Å². The molecule has 0 spiro atoms. The van der Waals surface area contributed by atoms with Gasteiger partial charge in [-0.1, -0.05) is 45.9 Å². The van der Waals surface area contributed by atoms with Crippen LogP contribution in [-0.4, -0.2) is 10.1 Å². The molecule has 1 heterocycles. The van der Waals surface area contributed by atoms with Crippen LogP contribution in [0, 0.1) is 11.8 Å². The van der Waals surface area contributed by atoms with Gasteiger partial charge in [0.05, 0.1) is 5.60 Å². The smallest absolute Gasteiger partial charge is 0.0948 e. The van der Waals surface area contributed by atoms with Crippen LogP contribution in [0.4, 0.5) is 0 Å². The highest BCUT2D eigenvalue weighted by atomic mass is 16.3. The topological polar surface area (TPSA) is 33.1 Å². The standard InChI is InChI=1S/C16H21NO/c1-11(2)16(18,12(3)4)15-7-5-6-13-8-9-17-10-14(13)15/h5-12,18H,1-4H3. The molecule has 0 radical (unpaired) electrons. The van der Waals surface area contributed by atoms with Gasteiger partial charge in [0.25, 0.3) is 0 Å². The quantitative estimate of drug-likeness (QED) is 0.891. The molecule has 0 bridgehead atoms. The molecule has 1 aromatic heterocycles. The van der Waals surface area contributed by atoms with Crippen molar-refractivity contribution in [1.82, 2.24) is 4.98 Å². The maximum Gasteiger partial charge on any atom is 0.0948 e. The highest BCUT2D eigenvalue weighted by Gasteiger charge is 2.37. The van der Waals surface area contributed by atoms with E-state index in [9.17, 15) is 5.11 Å². The second-order valence-corrected chi connectivity index (χ2v) is 5.54. The first kappa shape index (κ1) is 13.0. The van der Waals surface area contributed by atoms with Gasteiger partial charge in [-0.05, 0) is 28.9 Å². The van der Waals surface area contributed by atoms with Gasteiger partial charge in [0.2, 0.25) is 0 Å². The fraction of sp³-hybridized carbons (Fsp3) is 0.438. The first-order chi connectivity index (χ1) is 8.48. The van der Waals surface area contributed by atoms with Crippen molar-refractivity contribution in [2.24, 2.45) is 11.8 Å². The molecule has 18 heavy (non-hydrogen) atoms. The van der Waals surface area contributed by atoms with Gasteiger partial charge >= 0.3 is 0 Å². The fourth-order valence-electron chi connectivity index (χ4n) is 2.75. The van der Waals surface area contributed by atoms with Crippen LogP contribution >= 0.6 is 0 Å². The summed E-state index contributed by atoms with van der Waals surface area (Å²) in [6.45, 7) is 8.26. The summed E-state index contributed by atoms with van der Waals surface area (Å²) in [4.78, 5) is 4.19. The van der Waals surface area contributed by atoms with E-state index in [0.717, 1.165) is 16.3 Å². The predicted molar refractivity (Wildman–Crippen MR) is 75.3 cm³/mol. The first-order valence-electron chi connectivity index (χ1n) is 6.53. The van der Waals surface area contributed by atoms with Gasteiger partial charge in [0, 0.05) is 17.8 Å². The van der Waals surface area contributed by atoms with Crippen LogP contribution in [0.5, 0.6) is 0 Å². The Hall–Kier alpha value is -1.41. The molecule has 0 fully saturated rings. The van der Waals surface area contributed by atoms with Gasteiger partial charge in [0.1, 0.15) is 0 Å². The molecule has 0 aliphatic carbocycles. The number of hydrogen-bond acceptors (Lipinski definition) is 2. The molecular weight excluding hydrogens is 222 g/mol. The number of hydrogen-bond donors (Lipinski definition) is 1. The number of fused-ring (bicyclic) bond motifs is 1. The van der Waals surface area contributed by atoms with Crippen molar-refractivity contribution in [2.45, 2.75) is 33.3 Å². The molecule has 0 unspecified atom stereocenters. The van der Waals surface area contributed by atoms with Gasteiger partial charge in [-0.15, -0.1) is 0 Å². The van der Waals surface area contributed by atoms with Crippen LogP contribution in [0.3, 0.4) is 0 Å². The SMILES string of the molecule is CC(C)C(O)(c1cccc2ccncc12)C(C)C. The Balaban J connectivity index is 2.73. The number of pyridine rings is 1. The molecule has 0 atom stereocenters. The van der Waals surface area contributed by atoms with E-state index in [2.05, 4.69) is 38.7 Å². The maximum atomic E-state index is 11.1. The van der Waals surface area contributed by atoms with Gasteiger partial charge in [-0.25, -0.2) is 0 Å². The van der Waals surface area contributed by atoms with Crippen LogP contribution < -0.4 is 0 Å². The molecule has 0 amide bonds. The summed E-state index contributed by atoms with van der Waals surface area (Å²) < 4.78 is 0. The van der Waals surface area contributed by atoms with Crippen molar-refractivity contribution in [2.75, 3.05) is 0 Å². The number of rotatable bonds is 3. The molecule has 0 aliphatic rings. The Morgan fingerprint density at radius 1 is 1.06 bits per heavy atom. The van der Waals surface area contributed by atoms with Crippen molar-refractivity contribution >= 4 is 10.8 Å². The summed E-state index contributed by atoms with van der Waals surface area (Å²) in [5.41, 5.74) is 0.167. The largest absolute Gasteiger partial charge is 0.385 e. The second kappa shape index (κ2) is 4.69. The third kappa shape index (κ3) is 1.91. The van der Waals surface area contributed by atoms with Crippen molar-refractivity contribution in [1.29, 1.82) is 0 Å². The Labute approximate surface area is 109 Å². The highest BCUT2D eigenvalue weighted by Crippen LogP contribution is 2.39. The Morgan fingerprint density at radius 2 is 1.72 bits per heavy atom. The third-order valence-electron chi connectivity index (χ3n) is 3.88. The zero-order chi connectivity index (χ0) is 13.3. The van der Waals surface area contributed by atoms with Gasteiger partial charge < -0.3 is 5.11 Å². The predicted octanol–water partition coefficient (Wildman–Crippen LogP) is 3.73. The van der Waals surface area contributed by atoms with Crippen molar-refractivity contribution in [3.05, 3.63) is 42.2 Å². The first-order valence-corrected chi connectivity index (χ1v) is 6.53. The summed E-state index contributed by atoms with van der Waals surface area (Å²) in [6, 6.07) is 8.07. The summed E-state index contributed by atoms with van der Waals surface area (Å²) >= 11 is 0. The minimum Gasteiger partial charge on any atom is -0.385 e. The molecule has 2 heteroatoms. The molecule has 0 saturated carbocycles. The second-order valence-electron chi connectivity index (χ2n) is 5.54. The molecular formula is C16H21NO. The zero-order valence-corrected chi connectivity index (χ0v) is 11.5.